The molecule has 0 aliphatic heterocycles. The number of nitrogen functional groups attached to an aromatic ring is 1. The molecule has 4 nitrogen and oxygen atoms in total. The first-order valence-electron chi connectivity index (χ1n) is 6.75. The van der Waals surface area contributed by atoms with Crippen molar-refractivity contribution >= 4 is 17.1 Å². The fourth-order valence-corrected chi connectivity index (χ4v) is 1.88. The van der Waals surface area contributed by atoms with E-state index in [2.05, 4.69) is 5.32 Å². The Morgan fingerprint density at radius 3 is 2.30 bits per heavy atom. The minimum absolute atomic E-state index is 0.613. The van der Waals surface area contributed by atoms with Crippen molar-refractivity contribution in [2.24, 2.45) is 0 Å². The normalized spacial score (nSPS) is 10.1. The number of benzene rings is 2. The van der Waals surface area contributed by atoms with Crippen LogP contribution in [0.25, 0.3) is 0 Å². The third kappa shape index (κ3) is 3.57. The van der Waals surface area contributed by atoms with Crippen LogP contribution in [0.4, 0.5) is 17.1 Å². The quantitative estimate of drug-likeness (QED) is 0.785. The molecule has 0 spiro atoms. The zero-order valence-electron chi connectivity index (χ0n) is 11.8. The fraction of sp³-hybridized carbons (Fsp3) is 0.250. The van der Waals surface area contributed by atoms with Gasteiger partial charge in [0.25, 0.3) is 0 Å². The van der Waals surface area contributed by atoms with Crippen LogP contribution < -0.4 is 20.5 Å². The molecule has 2 aromatic carbocycles. The van der Waals surface area contributed by atoms with E-state index in [-0.39, 0.29) is 0 Å². The summed E-state index contributed by atoms with van der Waals surface area (Å²) in [7, 11) is 0. The zero-order chi connectivity index (χ0) is 14.4. The van der Waals surface area contributed by atoms with E-state index in [1.807, 2.05) is 56.3 Å². The lowest BCUT2D eigenvalue weighted by molar-refractivity contribution is 0.340. The number of anilines is 3. The van der Waals surface area contributed by atoms with Crippen molar-refractivity contribution in [3.63, 3.8) is 0 Å². The van der Waals surface area contributed by atoms with Gasteiger partial charge in [0.15, 0.2) is 0 Å². The van der Waals surface area contributed by atoms with Gasteiger partial charge in [-0.2, -0.15) is 0 Å². The van der Waals surface area contributed by atoms with Crippen LogP contribution in [0.2, 0.25) is 0 Å². The number of hydrogen-bond acceptors (Lipinski definition) is 4. The molecule has 0 radical (unpaired) electrons. The average Bonchev–Trinajstić information content (AvgIpc) is 2.44. The van der Waals surface area contributed by atoms with E-state index in [1.165, 1.54) is 0 Å². The molecule has 0 aromatic heterocycles. The van der Waals surface area contributed by atoms with Crippen LogP contribution in [-0.2, 0) is 0 Å². The molecule has 0 bridgehead atoms. The summed E-state index contributed by atoms with van der Waals surface area (Å²) in [5.41, 5.74) is 8.34. The van der Waals surface area contributed by atoms with Crippen molar-refractivity contribution in [3.8, 4) is 11.5 Å². The Morgan fingerprint density at radius 1 is 0.950 bits per heavy atom. The van der Waals surface area contributed by atoms with Crippen LogP contribution in [0.3, 0.4) is 0 Å². The highest BCUT2D eigenvalue weighted by Crippen LogP contribution is 2.30. The number of nitrogens with two attached hydrogens (primary N) is 1. The Bertz CT molecular complexity index is 553. The first-order valence-corrected chi connectivity index (χ1v) is 6.75. The van der Waals surface area contributed by atoms with Crippen LogP contribution in [0.5, 0.6) is 11.5 Å². The summed E-state index contributed by atoms with van der Waals surface area (Å²) in [5.74, 6) is 1.64. The van der Waals surface area contributed by atoms with E-state index < -0.39 is 0 Å². The smallest absolute Gasteiger partial charge is 0.142 e. The highest BCUT2D eigenvalue weighted by molar-refractivity contribution is 5.70. The maximum atomic E-state index is 5.83. The Kier molecular flexibility index (Phi) is 4.71. The molecule has 0 unspecified atom stereocenters. The van der Waals surface area contributed by atoms with Crippen LogP contribution in [0.1, 0.15) is 13.8 Å². The summed E-state index contributed by atoms with van der Waals surface area (Å²) < 4.78 is 11.0. The second-order valence-corrected chi connectivity index (χ2v) is 4.27. The van der Waals surface area contributed by atoms with E-state index >= 15 is 0 Å². The van der Waals surface area contributed by atoms with Gasteiger partial charge in [0.2, 0.25) is 0 Å². The summed E-state index contributed by atoms with van der Waals surface area (Å²) in [6, 6.07) is 13.3. The lowest BCUT2D eigenvalue weighted by atomic mass is 10.2. The Balaban J connectivity index is 2.18. The van der Waals surface area contributed by atoms with Gasteiger partial charge in [0.1, 0.15) is 11.5 Å². The second kappa shape index (κ2) is 6.70. The summed E-state index contributed by atoms with van der Waals surface area (Å²) in [6.45, 7) is 5.20. The van der Waals surface area contributed by atoms with E-state index in [1.54, 1.807) is 0 Å². The van der Waals surface area contributed by atoms with Crippen molar-refractivity contribution in [2.75, 3.05) is 24.3 Å². The largest absolute Gasteiger partial charge is 0.494 e. The molecule has 0 heterocycles. The molecule has 0 saturated heterocycles. The van der Waals surface area contributed by atoms with Gasteiger partial charge in [0.05, 0.1) is 18.9 Å². The van der Waals surface area contributed by atoms with Gasteiger partial charge in [-0.15, -0.1) is 0 Å². The molecule has 106 valence electrons. The summed E-state index contributed by atoms with van der Waals surface area (Å²) in [6.07, 6.45) is 0. The molecular weight excluding hydrogens is 252 g/mol. The average molecular weight is 272 g/mol. The first-order chi connectivity index (χ1) is 9.72. The molecule has 0 atom stereocenters. The van der Waals surface area contributed by atoms with Gasteiger partial charge >= 0.3 is 0 Å². The number of ether oxygens (including phenoxy) is 2. The monoisotopic (exact) mass is 272 g/mol. The van der Waals surface area contributed by atoms with Gasteiger partial charge in [-0.3, -0.25) is 0 Å². The highest BCUT2D eigenvalue weighted by Gasteiger charge is 2.04. The van der Waals surface area contributed by atoms with Crippen LogP contribution in [0, 0.1) is 0 Å². The molecular formula is C16H20N2O2. The highest BCUT2D eigenvalue weighted by atomic mass is 16.5. The first kappa shape index (κ1) is 14.1. The topological polar surface area (TPSA) is 56.5 Å². The van der Waals surface area contributed by atoms with Crippen molar-refractivity contribution in [1.29, 1.82) is 0 Å². The van der Waals surface area contributed by atoms with E-state index in [0.717, 1.165) is 22.9 Å². The number of hydrogen-bond donors (Lipinski definition) is 2. The van der Waals surface area contributed by atoms with E-state index in [0.29, 0.717) is 18.9 Å². The molecule has 0 aliphatic carbocycles. The Morgan fingerprint density at radius 2 is 1.65 bits per heavy atom. The van der Waals surface area contributed by atoms with Gasteiger partial charge in [-0.05, 0) is 56.3 Å². The van der Waals surface area contributed by atoms with E-state index in [4.69, 9.17) is 15.2 Å². The van der Waals surface area contributed by atoms with Crippen LogP contribution in [0.15, 0.2) is 42.5 Å². The van der Waals surface area contributed by atoms with Gasteiger partial charge in [-0.1, -0.05) is 0 Å². The van der Waals surface area contributed by atoms with Crippen LogP contribution in [-0.4, -0.2) is 13.2 Å². The van der Waals surface area contributed by atoms with E-state index in [9.17, 15) is 0 Å². The van der Waals surface area contributed by atoms with Crippen molar-refractivity contribution in [3.05, 3.63) is 42.5 Å². The summed E-state index contributed by atoms with van der Waals surface area (Å²) in [4.78, 5) is 0. The van der Waals surface area contributed by atoms with Crippen LogP contribution >= 0.6 is 0 Å². The maximum absolute atomic E-state index is 5.83. The Labute approximate surface area is 119 Å². The molecule has 0 aliphatic rings. The van der Waals surface area contributed by atoms with Gasteiger partial charge in [-0.25, -0.2) is 0 Å². The number of nitrogens with one attached hydrogen (secondary N) is 1. The van der Waals surface area contributed by atoms with Crippen molar-refractivity contribution in [1.82, 2.24) is 0 Å². The summed E-state index contributed by atoms with van der Waals surface area (Å²) >= 11 is 0. The zero-order valence-corrected chi connectivity index (χ0v) is 11.8. The molecule has 4 heteroatoms. The molecule has 3 N–H and O–H groups in total. The van der Waals surface area contributed by atoms with Crippen molar-refractivity contribution < 1.29 is 9.47 Å². The maximum Gasteiger partial charge on any atom is 0.142 e. The minimum atomic E-state index is 0.613. The second-order valence-electron chi connectivity index (χ2n) is 4.27. The predicted octanol–water partition coefficient (Wildman–Crippen LogP) is 3.81. The molecule has 0 fully saturated rings. The Hall–Kier alpha value is -2.36. The van der Waals surface area contributed by atoms with Crippen molar-refractivity contribution in [2.45, 2.75) is 13.8 Å². The molecule has 2 aromatic rings. The predicted molar refractivity (Wildman–Crippen MR) is 82.9 cm³/mol. The molecule has 0 amide bonds. The van der Waals surface area contributed by atoms with Gasteiger partial charge < -0.3 is 20.5 Å². The molecule has 2 rings (SSSR count). The number of rotatable bonds is 6. The third-order valence-corrected chi connectivity index (χ3v) is 2.75. The lowest BCUT2D eigenvalue weighted by Gasteiger charge is -2.13. The SMILES string of the molecule is CCOc1ccc(Nc2cc(N)ccc2OCC)cc1. The standard InChI is InChI=1S/C16H20N2O2/c1-3-19-14-8-6-13(7-9-14)18-15-11-12(17)5-10-16(15)20-4-2/h5-11,18H,3-4,17H2,1-2H3. The van der Waals surface area contributed by atoms with Gasteiger partial charge in [0, 0.05) is 11.4 Å². The fourth-order valence-electron chi connectivity index (χ4n) is 1.88. The third-order valence-electron chi connectivity index (χ3n) is 2.75. The minimum Gasteiger partial charge on any atom is -0.494 e. The molecule has 20 heavy (non-hydrogen) atoms. The lowest BCUT2D eigenvalue weighted by Crippen LogP contribution is -1.99. The molecule has 0 saturated carbocycles. The summed E-state index contributed by atoms with van der Waals surface area (Å²) in [5, 5.41) is 3.31.